The first kappa shape index (κ1) is 30.5. The average Bonchev–Trinajstić information content (AvgIpc) is 3.29. The molecule has 0 aliphatic rings. The normalized spacial score (nSPS) is 14.4. The molecule has 204 valence electrons. The fourth-order valence-electron chi connectivity index (χ4n) is 3.65. The van der Waals surface area contributed by atoms with Gasteiger partial charge in [-0.25, -0.2) is 4.79 Å². The molecule has 0 radical (unpaired) electrons. The van der Waals surface area contributed by atoms with E-state index in [-0.39, 0.29) is 19.3 Å². The number of para-hydroxylation sites is 1. The van der Waals surface area contributed by atoms with Gasteiger partial charge in [0.1, 0.15) is 18.1 Å². The number of hydrogen-bond acceptors (Lipinski definition) is 8. The fourth-order valence-corrected chi connectivity index (χ4v) is 4.59. The lowest BCUT2D eigenvalue weighted by molar-refractivity contribution is -0.142. The number of rotatable bonds is 16. The van der Waals surface area contributed by atoms with E-state index in [4.69, 9.17) is 5.73 Å². The zero-order valence-electron chi connectivity index (χ0n) is 20.9. The Kier molecular flexibility index (Phi) is 12.8. The highest BCUT2D eigenvalue weighted by molar-refractivity contribution is 7.98. The van der Waals surface area contributed by atoms with Crippen LogP contribution in [0.15, 0.2) is 30.5 Å². The van der Waals surface area contributed by atoms with Crippen LogP contribution in [0.1, 0.15) is 18.4 Å². The van der Waals surface area contributed by atoms with Gasteiger partial charge in [-0.1, -0.05) is 18.2 Å². The number of carbonyl (C=O) groups is 4. The van der Waals surface area contributed by atoms with Crippen LogP contribution in [0.4, 0.5) is 0 Å². The van der Waals surface area contributed by atoms with E-state index in [9.17, 15) is 29.4 Å². The van der Waals surface area contributed by atoms with Gasteiger partial charge in [0.2, 0.25) is 17.7 Å². The summed E-state index contributed by atoms with van der Waals surface area (Å²) in [4.78, 5) is 53.0. The minimum Gasteiger partial charge on any atom is -0.480 e. The first-order chi connectivity index (χ1) is 17.7. The van der Waals surface area contributed by atoms with Crippen molar-refractivity contribution < 1.29 is 29.4 Å². The van der Waals surface area contributed by atoms with Gasteiger partial charge in [0.05, 0.1) is 12.6 Å². The van der Waals surface area contributed by atoms with E-state index >= 15 is 0 Å². The summed E-state index contributed by atoms with van der Waals surface area (Å²) in [5, 5.41) is 27.4. The third-order valence-electron chi connectivity index (χ3n) is 5.74. The molecular formula is C24H35N5O6S2. The number of fused-ring (bicyclic) bond motifs is 1. The first-order valence-electron chi connectivity index (χ1n) is 11.7. The molecule has 2 rings (SSSR count). The number of hydrogen-bond donors (Lipinski definition) is 7. The molecule has 3 amide bonds. The number of carbonyl (C=O) groups excluding carboxylic acids is 3. The van der Waals surface area contributed by atoms with Crippen LogP contribution in [0.5, 0.6) is 0 Å². The van der Waals surface area contributed by atoms with E-state index in [1.807, 2.05) is 36.8 Å². The summed E-state index contributed by atoms with van der Waals surface area (Å²) in [6.45, 7) is -0.740. The van der Waals surface area contributed by atoms with Crippen LogP contribution in [0.2, 0.25) is 0 Å². The average molecular weight is 554 g/mol. The maximum atomic E-state index is 13.0. The summed E-state index contributed by atoms with van der Waals surface area (Å²) >= 11 is 2.91. The Bertz CT molecular complexity index is 1070. The van der Waals surface area contributed by atoms with Gasteiger partial charge in [0.25, 0.3) is 0 Å². The molecule has 0 aliphatic heterocycles. The Hall–Kier alpha value is -2.74. The predicted octanol–water partition coefficient (Wildman–Crippen LogP) is 0.0752. The maximum absolute atomic E-state index is 13.0. The van der Waals surface area contributed by atoms with Crippen molar-refractivity contribution in [1.82, 2.24) is 20.9 Å². The number of carboxylic acid groups (broad SMARTS) is 1. The molecule has 0 saturated carbocycles. The van der Waals surface area contributed by atoms with Gasteiger partial charge in [-0.2, -0.15) is 23.5 Å². The molecule has 8 N–H and O–H groups in total. The number of nitrogens with one attached hydrogen (secondary N) is 4. The SMILES string of the molecule is CSCCC(NC(=O)C(CO)NC(=O)C(CCSC)NC(=O)C(N)Cc1c[nH]c2ccccc12)C(=O)O. The van der Waals surface area contributed by atoms with Crippen LogP contribution in [0.3, 0.4) is 0 Å². The minimum atomic E-state index is -1.38. The van der Waals surface area contributed by atoms with E-state index < -0.39 is 54.5 Å². The zero-order valence-corrected chi connectivity index (χ0v) is 22.5. The van der Waals surface area contributed by atoms with Crippen LogP contribution in [-0.2, 0) is 25.6 Å². The molecule has 0 aliphatic carbocycles. The van der Waals surface area contributed by atoms with Gasteiger partial charge < -0.3 is 36.9 Å². The standard InChI is InChI=1S/C24H35N5O6S2/c1-36-9-7-18(22(32)29-20(13-30)23(33)28-19(24(34)35)8-10-37-2)27-21(31)16(25)11-14-12-26-17-6-4-3-5-15(14)17/h3-6,12,16,18-20,26,30H,7-11,13,25H2,1-2H3,(H,27,31)(H,28,33)(H,29,32)(H,34,35). The number of nitrogens with two attached hydrogens (primary N) is 1. The Morgan fingerprint density at radius 1 is 0.919 bits per heavy atom. The summed E-state index contributed by atoms with van der Waals surface area (Å²) in [5.74, 6) is -2.18. The second-order valence-corrected chi connectivity index (χ2v) is 10.4. The molecule has 4 unspecified atom stereocenters. The van der Waals surface area contributed by atoms with Crippen molar-refractivity contribution in [3.05, 3.63) is 36.0 Å². The summed E-state index contributed by atoms with van der Waals surface area (Å²) in [7, 11) is 0. The van der Waals surface area contributed by atoms with E-state index in [1.54, 1.807) is 6.20 Å². The minimum absolute atomic E-state index is 0.190. The lowest BCUT2D eigenvalue weighted by Crippen LogP contribution is -2.58. The molecule has 1 aromatic carbocycles. The molecule has 0 saturated heterocycles. The molecule has 1 aromatic heterocycles. The van der Waals surface area contributed by atoms with Gasteiger partial charge in [0, 0.05) is 17.1 Å². The van der Waals surface area contributed by atoms with Crippen LogP contribution in [-0.4, -0.2) is 93.7 Å². The highest BCUT2D eigenvalue weighted by atomic mass is 32.2. The third kappa shape index (κ3) is 9.26. The quantitative estimate of drug-likeness (QED) is 0.151. The van der Waals surface area contributed by atoms with Crippen molar-refractivity contribution in [3.63, 3.8) is 0 Å². The van der Waals surface area contributed by atoms with Crippen molar-refractivity contribution in [2.45, 2.75) is 43.4 Å². The number of aliphatic hydroxyl groups is 1. The summed E-state index contributed by atoms with van der Waals surface area (Å²) < 4.78 is 0. The third-order valence-corrected chi connectivity index (χ3v) is 7.02. The van der Waals surface area contributed by atoms with Crippen molar-refractivity contribution in [1.29, 1.82) is 0 Å². The van der Waals surface area contributed by atoms with Gasteiger partial charge >= 0.3 is 5.97 Å². The Labute approximate surface area is 224 Å². The number of aliphatic carboxylic acids is 1. The summed E-state index contributed by atoms with van der Waals surface area (Å²) in [6, 6.07) is 3.19. The van der Waals surface area contributed by atoms with Crippen LogP contribution >= 0.6 is 23.5 Å². The molecular weight excluding hydrogens is 518 g/mol. The van der Waals surface area contributed by atoms with Gasteiger partial charge in [0.15, 0.2) is 0 Å². The van der Waals surface area contributed by atoms with E-state index in [0.29, 0.717) is 11.5 Å². The molecule has 13 heteroatoms. The lowest BCUT2D eigenvalue weighted by Gasteiger charge is -2.24. The van der Waals surface area contributed by atoms with Crippen molar-refractivity contribution in [3.8, 4) is 0 Å². The number of aliphatic hydroxyl groups excluding tert-OH is 1. The number of H-pyrrole nitrogens is 1. The van der Waals surface area contributed by atoms with Crippen LogP contribution in [0, 0.1) is 0 Å². The first-order valence-corrected chi connectivity index (χ1v) is 14.5. The van der Waals surface area contributed by atoms with Crippen molar-refractivity contribution in [2.24, 2.45) is 5.73 Å². The van der Waals surface area contributed by atoms with Crippen LogP contribution in [0.25, 0.3) is 10.9 Å². The number of amides is 3. The summed E-state index contributed by atoms with van der Waals surface area (Å²) in [6.07, 6.45) is 6.17. The molecule has 0 fully saturated rings. The molecule has 2 aromatic rings. The number of carboxylic acids is 1. The Balaban J connectivity index is 2.03. The van der Waals surface area contributed by atoms with Gasteiger partial charge in [-0.05, 0) is 54.9 Å². The molecule has 4 atom stereocenters. The number of aromatic amines is 1. The molecule has 1 heterocycles. The maximum Gasteiger partial charge on any atom is 0.326 e. The largest absolute Gasteiger partial charge is 0.480 e. The lowest BCUT2D eigenvalue weighted by atomic mass is 10.0. The number of aromatic nitrogens is 1. The van der Waals surface area contributed by atoms with Crippen molar-refractivity contribution in [2.75, 3.05) is 30.6 Å². The Morgan fingerprint density at radius 3 is 2.11 bits per heavy atom. The number of benzene rings is 1. The smallest absolute Gasteiger partial charge is 0.326 e. The zero-order chi connectivity index (χ0) is 27.4. The summed E-state index contributed by atoms with van der Waals surface area (Å²) in [5.41, 5.74) is 7.95. The molecule has 0 bridgehead atoms. The predicted molar refractivity (Wildman–Crippen MR) is 146 cm³/mol. The number of thioether (sulfide) groups is 2. The second kappa shape index (κ2) is 15.5. The van der Waals surface area contributed by atoms with Gasteiger partial charge in [-0.3, -0.25) is 14.4 Å². The van der Waals surface area contributed by atoms with E-state index in [0.717, 1.165) is 16.5 Å². The molecule has 0 spiro atoms. The van der Waals surface area contributed by atoms with Crippen LogP contribution < -0.4 is 21.7 Å². The highest BCUT2D eigenvalue weighted by Crippen LogP contribution is 2.18. The highest BCUT2D eigenvalue weighted by Gasteiger charge is 2.30. The van der Waals surface area contributed by atoms with E-state index in [2.05, 4.69) is 20.9 Å². The topological polar surface area (TPSA) is 187 Å². The molecule has 11 nitrogen and oxygen atoms in total. The second-order valence-electron chi connectivity index (χ2n) is 8.44. The van der Waals surface area contributed by atoms with E-state index in [1.165, 1.54) is 23.5 Å². The van der Waals surface area contributed by atoms with Crippen molar-refractivity contribution >= 4 is 58.1 Å². The monoisotopic (exact) mass is 553 g/mol. The van der Waals surface area contributed by atoms with Gasteiger partial charge in [-0.15, -0.1) is 0 Å². The Morgan fingerprint density at radius 2 is 1.49 bits per heavy atom. The fraction of sp³-hybridized carbons (Fsp3) is 0.500. The molecule has 37 heavy (non-hydrogen) atoms.